The summed E-state index contributed by atoms with van der Waals surface area (Å²) in [7, 11) is 0. The van der Waals surface area contributed by atoms with Crippen LogP contribution in [0.2, 0.25) is 5.02 Å². The molecule has 19 heavy (non-hydrogen) atoms. The summed E-state index contributed by atoms with van der Waals surface area (Å²) in [6.45, 7) is 2.00. The molecule has 5 heteroatoms. The van der Waals surface area contributed by atoms with Crippen LogP contribution in [0, 0.1) is 6.92 Å². The van der Waals surface area contributed by atoms with E-state index < -0.39 is 0 Å². The molecule has 1 aromatic carbocycles. The van der Waals surface area contributed by atoms with Gasteiger partial charge in [-0.2, -0.15) is 0 Å². The Balaban J connectivity index is 2.07. The van der Waals surface area contributed by atoms with E-state index in [1.165, 1.54) is 4.88 Å². The van der Waals surface area contributed by atoms with Crippen molar-refractivity contribution in [1.29, 1.82) is 0 Å². The lowest BCUT2D eigenvalue weighted by Gasteiger charge is -2.03. The van der Waals surface area contributed by atoms with Gasteiger partial charge in [0.1, 0.15) is 5.69 Å². The van der Waals surface area contributed by atoms with Crippen LogP contribution >= 0.6 is 22.9 Å². The number of carbonyl (C=O) groups excluding carboxylic acids is 1. The largest absolute Gasteiger partial charge is 0.296 e. The van der Waals surface area contributed by atoms with Gasteiger partial charge in [0.2, 0.25) is 0 Å². The summed E-state index contributed by atoms with van der Waals surface area (Å²) >= 11 is 7.78. The number of thiazole rings is 1. The molecular formula is C14H11ClN2OS. The molecule has 0 unspecified atom stereocenters. The number of imidazole rings is 1. The third-order valence-electron chi connectivity index (χ3n) is 3.14. The first-order valence-electron chi connectivity index (χ1n) is 5.85. The highest BCUT2D eigenvalue weighted by Gasteiger charge is 2.14. The zero-order valence-corrected chi connectivity index (χ0v) is 11.8. The summed E-state index contributed by atoms with van der Waals surface area (Å²) in [5.41, 5.74) is 2.73. The molecule has 0 saturated heterocycles. The molecule has 96 valence electrons. The van der Waals surface area contributed by atoms with Crippen LogP contribution in [0.4, 0.5) is 0 Å². The van der Waals surface area contributed by atoms with Gasteiger partial charge in [-0.15, -0.1) is 11.3 Å². The van der Waals surface area contributed by atoms with Gasteiger partial charge in [0.05, 0.1) is 6.20 Å². The van der Waals surface area contributed by atoms with Gasteiger partial charge in [0.15, 0.2) is 11.2 Å². The maximum atomic E-state index is 11.0. The zero-order valence-electron chi connectivity index (χ0n) is 10.3. The van der Waals surface area contributed by atoms with Crippen LogP contribution < -0.4 is 0 Å². The Morgan fingerprint density at radius 2 is 2.21 bits per heavy atom. The van der Waals surface area contributed by atoms with E-state index in [0.717, 1.165) is 33.9 Å². The molecule has 3 nitrogen and oxygen atoms in total. The Hall–Kier alpha value is -1.65. The lowest BCUT2D eigenvalue weighted by atomic mass is 10.1. The second kappa shape index (κ2) is 4.79. The predicted molar refractivity (Wildman–Crippen MR) is 77.5 cm³/mol. The van der Waals surface area contributed by atoms with Gasteiger partial charge in [-0.25, -0.2) is 4.98 Å². The van der Waals surface area contributed by atoms with Crippen molar-refractivity contribution >= 4 is 34.2 Å². The molecule has 0 aliphatic carbocycles. The molecule has 0 saturated carbocycles. The number of carbonyl (C=O) groups is 1. The maximum absolute atomic E-state index is 11.0. The standard InChI is InChI=1S/C14H11ClN2OS/c1-9-13(6-10-4-2-3-5-12(10)15)19-14-16-7-11(8-18)17(9)14/h2-5,7-8H,6H2,1H3. The predicted octanol–water partition coefficient (Wildman–Crippen LogP) is 3.76. The topological polar surface area (TPSA) is 34.4 Å². The quantitative estimate of drug-likeness (QED) is 0.688. The molecule has 0 fully saturated rings. The van der Waals surface area contributed by atoms with E-state index >= 15 is 0 Å². The molecule has 3 aromatic rings. The van der Waals surface area contributed by atoms with Crippen molar-refractivity contribution in [3.05, 3.63) is 57.3 Å². The number of rotatable bonds is 3. The number of nitrogens with zero attached hydrogens (tertiary/aromatic N) is 2. The number of hydrogen-bond acceptors (Lipinski definition) is 3. The number of halogens is 1. The van der Waals surface area contributed by atoms with Crippen molar-refractivity contribution in [1.82, 2.24) is 9.38 Å². The van der Waals surface area contributed by atoms with Crippen LogP contribution in [-0.2, 0) is 6.42 Å². The monoisotopic (exact) mass is 290 g/mol. The number of aromatic nitrogens is 2. The second-order valence-corrected chi connectivity index (χ2v) is 5.77. The molecule has 0 radical (unpaired) electrons. The maximum Gasteiger partial charge on any atom is 0.194 e. The molecule has 2 aromatic heterocycles. The number of aryl methyl sites for hydroxylation is 1. The molecule has 2 heterocycles. The van der Waals surface area contributed by atoms with E-state index in [9.17, 15) is 4.79 Å². The van der Waals surface area contributed by atoms with Gasteiger partial charge < -0.3 is 0 Å². The van der Waals surface area contributed by atoms with Gasteiger partial charge in [0, 0.05) is 22.0 Å². The Bertz CT molecular complexity index is 760. The lowest BCUT2D eigenvalue weighted by Crippen LogP contribution is -1.94. The zero-order chi connectivity index (χ0) is 13.4. The first-order valence-corrected chi connectivity index (χ1v) is 7.04. The highest BCUT2D eigenvalue weighted by atomic mass is 35.5. The summed E-state index contributed by atoms with van der Waals surface area (Å²) < 4.78 is 1.89. The number of fused-ring (bicyclic) bond motifs is 1. The summed E-state index contributed by atoms with van der Waals surface area (Å²) in [5.74, 6) is 0. The number of hydrogen-bond donors (Lipinski definition) is 0. The molecule has 0 amide bonds. The van der Waals surface area contributed by atoms with E-state index in [2.05, 4.69) is 4.98 Å². The second-order valence-electron chi connectivity index (χ2n) is 4.30. The van der Waals surface area contributed by atoms with Crippen molar-refractivity contribution in [2.45, 2.75) is 13.3 Å². The lowest BCUT2D eigenvalue weighted by molar-refractivity contribution is 0.111. The molecule has 3 rings (SSSR count). The van der Waals surface area contributed by atoms with Gasteiger partial charge in [-0.3, -0.25) is 9.20 Å². The van der Waals surface area contributed by atoms with E-state index in [1.807, 2.05) is 35.6 Å². The molecule has 0 bridgehead atoms. The Morgan fingerprint density at radius 3 is 2.95 bits per heavy atom. The molecule has 0 aliphatic rings. The summed E-state index contributed by atoms with van der Waals surface area (Å²) in [6.07, 6.45) is 3.20. The van der Waals surface area contributed by atoms with Crippen LogP contribution in [0.5, 0.6) is 0 Å². The minimum Gasteiger partial charge on any atom is -0.296 e. The van der Waals surface area contributed by atoms with Crippen molar-refractivity contribution in [2.75, 3.05) is 0 Å². The van der Waals surface area contributed by atoms with Crippen molar-refractivity contribution in [2.24, 2.45) is 0 Å². The van der Waals surface area contributed by atoms with E-state index in [0.29, 0.717) is 5.69 Å². The molecule has 0 atom stereocenters. The SMILES string of the molecule is Cc1c(Cc2ccccc2Cl)sc2ncc(C=O)n12. The average molecular weight is 291 g/mol. The summed E-state index contributed by atoms with van der Waals surface area (Å²) in [5, 5.41) is 0.767. The fourth-order valence-electron chi connectivity index (χ4n) is 2.13. The smallest absolute Gasteiger partial charge is 0.194 e. The van der Waals surface area contributed by atoms with E-state index in [4.69, 9.17) is 11.6 Å². The minimum atomic E-state index is 0.592. The van der Waals surface area contributed by atoms with Gasteiger partial charge >= 0.3 is 0 Å². The third-order valence-corrected chi connectivity index (χ3v) is 4.67. The van der Waals surface area contributed by atoms with Gasteiger partial charge in [0.25, 0.3) is 0 Å². The highest BCUT2D eigenvalue weighted by molar-refractivity contribution is 7.17. The number of benzene rings is 1. The van der Waals surface area contributed by atoms with Crippen molar-refractivity contribution in [3.8, 4) is 0 Å². The van der Waals surface area contributed by atoms with Gasteiger partial charge in [-0.05, 0) is 18.6 Å². The van der Waals surface area contributed by atoms with Crippen LogP contribution in [0.15, 0.2) is 30.5 Å². The van der Waals surface area contributed by atoms with Crippen LogP contribution in [-0.4, -0.2) is 15.7 Å². The molecular weight excluding hydrogens is 280 g/mol. The summed E-state index contributed by atoms with van der Waals surface area (Å²) in [6, 6.07) is 7.81. The van der Waals surface area contributed by atoms with E-state index in [-0.39, 0.29) is 0 Å². The fourth-order valence-corrected chi connectivity index (χ4v) is 3.46. The average Bonchev–Trinajstić information content (AvgIpc) is 2.94. The van der Waals surface area contributed by atoms with Crippen LogP contribution in [0.25, 0.3) is 4.96 Å². The fraction of sp³-hybridized carbons (Fsp3) is 0.143. The van der Waals surface area contributed by atoms with Crippen molar-refractivity contribution < 1.29 is 4.79 Å². The third kappa shape index (κ3) is 2.07. The normalized spacial score (nSPS) is 11.1. The Morgan fingerprint density at radius 1 is 1.42 bits per heavy atom. The highest BCUT2D eigenvalue weighted by Crippen LogP contribution is 2.28. The van der Waals surface area contributed by atoms with Gasteiger partial charge in [-0.1, -0.05) is 29.8 Å². The molecule has 0 spiro atoms. The van der Waals surface area contributed by atoms with Crippen LogP contribution in [0.1, 0.15) is 26.6 Å². The summed E-state index contributed by atoms with van der Waals surface area (Å²) in [4.78, 5) is 17.3. The number of aldehydes is 1. The Labute approximate surface area is 119 Å². The van der Waals surface area contributed by atoms with Crippen molar-refractivity contribution in [3.63, 3.8) is 0 Å². The minimum absolute atomic E-state index is 0.592. The first-order chi connectivity index (χ1) is 9.20. The van der Waals surface area contributed by atoms with Crippen LogP contribution in [0.3, 0.4) is 0 Å². The van der Waals surface area contributed by atoms with E-state index in [1.54, 1.807) is 17.5 Å². The molecule has 0 aliphatic heterocycles. The first kappa shape index (κ1) is 12.4. The Kier molecular flexibility index (Phi) is 3.12. The molecule has 0 N–H and O–H groups in total.